The highest BCUT2D eigenvalue weighted by molar-refractivity contribution is 5.95. The van der Waals surface area contributed by atoms with E-state index in [0.29, 0.717) is 37.4 Å². The monoisotopic (exact) mass is 383 g/mol. The first-order valence-corrected chi connectivity index (χ1v) is 9.42. The average molecular weight is 383 g/mol. The van der Waals surface area contributed by atoms with E-state index in [0.717, 1.165) is 31.5 Å². The number of hydrogen-bond acceptors (Lipinski definition) is 5. The molecule has 0 atom stereocenters. The van der Waals surface area contributed by atoms with Gasteiger partial charge in [0.15, 0.2) is 5.69 Å². The molecule has 9 nitrogen and oxygen atoms in total. The molecule has 0 unspecified atom stereocenters. The van der Waals surface area contributed by atoms with Gasteiger partial charge in [-0.25, -0.2) is 0 Å². The fourth-order valence-corrected chi connectivity index (χ4v) is 3.71. The summed E-state index contributed by atoms with van der Waals surface area (Å²) in [5.41, 5.74) is 1.95. The van der Waals surface area contributed by atoms with Gasteiger partial charge in [0.05, 0.1) is 4.92 Å². The van der Waals surface area contributed by atoms with Gasteiger partial charge in [-0.05, 0) is 37.5 Å². The van der Waals surface area contributed by atoms with Gasteiger partial charge in [0, 0.05) is 56.1 Å². The van der Waals surface area contributed by atoms with E-state index in [4.69, 9.17) is 0 Å². The minimum Gasteiger partial charge on any atom is -0.335 e. The standard InChI is InChI=1S/C19H21N5O4/c25-18(14-4-6-15(7-5-14)24(27)28)21-9-11-22(12-10-21)19(26)17-13-16-3-1-2-8-23(16)20-17/h4-7,13H,1-3,8-12H2. The predicted molar refractivity (Wildman–Crippen MR) is 100 cm³/mol. The highest BCUT2D eigenvalue weighted by Crippen LogP contribution is 2.18. The van der Waals surface area contributed by atoms with Crippen molar-refractivity contribution < 1.29 is 14.5 Å². The summed E-state index contributed by atoms with van der Waals surface area (Å²) in [7, 11) is 0. The topological polar surface area (TPSA) is 102 Å². The van der Waals surface area contributed by atoms with E-state index in [1.807, 2.05) is 10.7 Å². The van der Waals surface area contributed by atoms with Crippen molar-refractivity contribution >= 4 is 17.5 Å². The number of amides is 2. The fraction of sp³-hybridized carbons (Fsp3) is 0.421. The number of aryl methyl sites for hydroxylation is 2. The molecule has 1 fully saturated rings. The van der Waals surface area contributed by atoms with Crippen molar-refractivity contribution in [3.8, 4) is 0 Å². The predicted octanol–water partition coefficient (Wildman–Crippen LogP) is 1.73. The van der Waals surface area contributed by atoms with Gasteiger partial charge in [-0.15, -0.1) is 0 Å². The van der Waals surface area contributed by atoms with Crippen LogP contribution < -0.4 is 0 Å². The van der Waals surface area contributed by atoms with E-state index in [1.54, 1.807) is 9.80 Å². The highest BCUT2D eigenvalue weighted by Gasteiger charge is 2.27. The number of aromatic nitrogens is 2. The number of piperazine rings is 1. The zero-order valence-corrected chi connectivity index (χ0v) is 15.4. The summed E-state index contributed by atoms with van der Waals surface area (Å²) in [5, 5.41) is 15.2. The lowest BCUT2D eigenvalue weighted by Gasteiger charge is -2.34. The van der Waals surface area contributed by atoms with E-state index in [9.17, 15) is 19.7 Å². The summed E-state index contributed by atoms with van der Waals surface area (Å²) in [6.07, 6.45) is 3.17. The van der Waals surface area contributed by atoms with Crippen molar-refractivity contribution in [2.75, 3.05) is 26.2 Å². The van der Waals surface area contributed by atoms with Crippen LogP contribution in [0.2, 0.25) is 0 Å². The van der Waals surface area contributed by atoms with Gasteiger partial charge in [-0.3, -0.25) is 24.4 Å². The molecule has 9 heteroatoms. The minimum atomic E-state index is -0.494. The maximum atomic E-state index is 12.7. The van der Waals surface area contributed by atoms with Gasteiger partial charge in [0.2, 0.25) is 0 Å². The quantitative estimate of drug-likeness (QED) is 0.593. The molecule has 0 N–H and O–H groups in total. The smallest absolute Gasteiger partial charge is 0.274 e. The van der Waals surface area contributed by atoms with Crippen LogP contribution in [0.15, 0.2) is 30.3 Å². The molecule has 2 aromatic rings. The zero-order chi connectivity index (χ0) is 19.7. The van der Waals surface area contributed by atoms with Crippen molar-refractivity contribution in [2.24, 2.45) is 0 Å². The molecule has 2 aliphatic rings. The summed E-state index contributed by atoms with van der Waals surface area (Å²) in [6, 6.07) is 7.47. The zero-order valence-electron chi connectivity index (χ0n) is 15.4. The second kappa shape index (κ2) is 7.41. The third-order valence-electron chi connectivity index (χ3n) is 5.31. The van der Waals surface area contributed by atoms with Crippen molar-refractivity contribution in [1.82, 2.24) is 19.6 Å². The number of nitro benzene ring substituents is 1. The fourth-order valence-electron chi connectivity index (χ4n) is 3.71. The molecule has 4 rings (SSSR count). The normalized spacial score (nSPS) is 16.6. The molecule has 0 radical (unpaired) electrons. The second-order valence-corrected chi connectivity index (χ2v) is 7.09. The Bertz CT molecular complexity index is 889. The Morgan fingerprint density at radius 2 is 1.57 bits per heavy atom. The Labute approximate surface area is 161 Å². The molecule has 1 aromatic carbocycles. The maximum Gasteiger partial charge on any atom is 0.274 e. The Morgan fingerprint density at radius 1 is 0.929 bits per heavy atom. The summed E-state index contributed by atoms with van der Waals surface area (Å²) >= 11 is 0. The van der Waals surface area contributed by atoms with Crippen LogP contribution in [0.3, 0.4) is 0 Å². The number of nitrogens with zero attached hydrogens (tertiary/aromatic N) is 5. The van der Waals surface area contributed by atoms with Gasteiger partial charge in [-0.1, -0.05) is 0 Å². The van der Waals surface area contributed by atoms with E-state index in [-0.39, 0.29) is 17.5 Å². The Kier molecular flexibility index (Phi) is 4.81. The molecule has 146 valence electrons. The molecular weight excluding hydrogens is 362 g/mol. The molecular formula is C19H21N5O4. The first-order valence-electron chi connectivity index (χ1n) is 9.42. The lowest BCUT2D eigenvalue weighted by molar-refractivity contribution is -0.384. The molecule has 1 aromatic heterocycles. The number of carbonyl (C=O) groups is 2. The lowest BCUT2D eigenvalue weighted by atomic mass is 10.1. The molecule has 1 saturated heterocycles. The van der Waals surface area contributed by atoms with Crippen molar-refractivity contribution in [3.05, 3.63) is 57.4 Å². The Hall–Kier alpha value is -3.23. The van der Waals surface area contributed by atoms with E-state index >= 15 is 0 Å². The average Bonchev–Trinajstić information content (AvgIpc) is 3.17. The van der Waals surface area contributed by atoms with Crippen LogP contribution in [-0.2, 0) is 13.0 Å². The van der Waals surface area contributed by atoms with Gasteiger partial charge in [0.1, 0.15) is 0 Å². The van der Waals surface area contributed by atoms with E-state index in [1.165, 1.54) is 24.3 Å². The summed E-state index contributed by atoms with van der Waals surface area (Å²) in [4.78, 5) is 39.0. The molecule has 3 heterocycles. The number of rotatable bonds is 3. The van der Waals surface area contributed by atoms with Gasteiger partial charge < -0.3 is 9.80 Å². The van der Waals surface area contributed by atoms with E-state index < -0.39 is 4.92 Å². The third kappa shape index (κ3) is 3.47. The van der Waals surface area contributed by atoms with Crippen LogP contribution in [0.4, 0.5) is 5.69 Å². The summed E-state index contributed by atoms with van der Waals surface area (Å²) in [5.74, 6) is -0.274. The third-order valence-corrected chi connectivity index (χ3v) is 5.31. The van der Waals surface area contributed by atoms with Crippen LogP contribution in [0.1, 0.15) is 39.4 Å². The summed E-state index contributed by atoms with van der Waals surface area (Å²) < 4.78 is 1.92. The van der Waals surface area contributed by atoms with E-state index in [2.05, 4.69) is 5.10 Å². The van der Waals surface area contributed by atoms with Crippen LogP contribution in [0.5, 0.6) is 0 Å². The van der Waals surface area contributed by atoms with Gasteiger partial charge >= 0.3 is 0 Å². The number of nitro groups is 1. The number of non-ortho nitro benzene ring substituents is 1. The largest absolute Gasteiger partial charge is 0.335 e. The van der Waals surface area contributed by atoms with Gasteiger partial charge in [0.25, 0.3) is 17.5 Å². The Balaban J connectivity index is 1.37. The molecule has 0 aliphatic carbocycles. The number of carbonyl (C=O) groups excluding carboxylic acids is 2. The minimum absolute atomic E-state index is 0.0465. The molecule has 0 spiro atoms. The molecule has 2 amide bonds. The maximum absolute atomic E-state index is 12.7. The SMILES string of the molecule is O=C(c1ccc([N+](=O)[O-])cc1)N1CCN(C(=O)c2cc3n(n2)CCCC3)CC1. The first-order chi connectivity index (χ1) is 13.5. The van der Waals surface area contributed by atoms with Crippen LogP contribution in [-0.4, -0.2) is 62.5 Å². The lowest BCUT2D eigenvalue weighted by Crippen LogP contribution is -2.50. The number of fused-ring (bicyclic) bond motifs is 1. The van der Waals surface area contributed by atoms with Crippen molar-refractivity contribution in [3.63, 3.8) is 0 Å². The second-order valence-electron chi connectivity index (χ2n) is 7.09. The van der Waals surface area contributed by atoms with Crippen LogP contribution >= 0.6 is 0 Å². The molecule has 0 saturated carbocycles. The van der Waals surface area contributed by atoms with Crippen molar-refractivity contribution in [1.29, 1.82) is 0 Å². The number of hydrogen-bond donors (Lipinski definition) is 0. The van der Waals surface area contributed by atoms with Gasteiger partial charge in [-0.2, -0.15) is 5.10 Å². The summed E-state index contributed by atoms with van der Waals surface area (Å²) in [6.45, 7) is 2.60. The van der Waals surface area contributed by atoms with Crippen LogP contribution in [0.25, 0.3) is 0 Å². The number of benzene rings is 1. The van der Waals surface area contributed by atoms with Crippen LogP contribution in [0, 0.1) is 10.1 Å². The Morgan fingerprint density at radius 3 is 2.18 bits per heavy atom. The van der Waals surface area contributed by atoms with Crippen molar-refractivity contribution in [2.45, 2.75) is 25.8 Å². The molecule has 2 aliphatic heterocycles. The first kappa shape index (κ1) is 18.1. The molecule has 0 bridgehead atoms. The highest BCUT2D eigenvalue weighted by atomic mass is 16.6. The molecule has 28 heavy (non-hydrogen) atoms.